The Morgan fingerprint density at radius 1 is 0.875 bits per heavy atom. The summed E-state index contributed by atoms with van der Waals surface area (Å²) in [5, 5.41) is 28.0. The molecule has 0 radical (unpaired) electrons. The van der Waals surface area contributed by atoms with Gasteiger partial charge in [-0.15, -0.1) is 0 Å². The molecule has 0 aliphatic carbocycles. The first kappa shape index (κ1) is 22.4. The van der Waals surface area contributed by atoms with Crippen molar-refractivity contribution in [2.75, 3.05) is 0 Å². The Kier molecular flexibility index (Phi) is 15.1. The van der Waals surface area contributed by atoms with Crippen LogP contribution in [0.5, 0.6) is 0 Å². The third-order valence-electron chi connectivity index (χ3n) is 3.41. The second-order valence-electron chi connectivity index (χ2n) is 5.71. The maximum Gasteiger partial charge on any atom is 0.303 e. The molecule has 0 rings (SSSR count). The zero-order valence-electron chi connectivity index (χ0n) is 14.7. The van der Waals surface area contributed by atoms with Gasteiger partial charge in [-0.1, -0.05) is 68.4 Å². The molecule has 24 heavy (non-hydrogen) atoms. The summed E-state index contributed by atoms with van der Waals surface area (Å²) in [6.45, 7) is 2.15. The molecule has 0 unspecified atom stereocenters. The Morgan fingerprint density at radius 2 is 1.58 bits per heavy atom. The summed E-state index contributed by atoms with van der Waals surface area (Å²) in [6, 6.07) is 0. The fraction of sp³-hybridized carbons (Fsp3) is 0.550. The van der Waals surface area contributed by atoms with E-state index in [0.29, 0.717) is 6.42 Å². The van der Waals surface area contributed by atoms with E-state index in [9.17, 15) is 15.0 Å². The fourth-order valence-corrected chi connectivity index (χ4v) is 1.97. The smallest absolute Gasteiger partial charge is 0.303 e. The molecule has 0 aliphatic heterocycles. The molecule has 0 aromatic carbocycles. The van der Waals surface area contributed by atoms with Crippen LogP contribution < -0.4 is 0 Å². The Morgan fingerprint density at radius 3 is 2.29 bits per heavy atom. The molecular formula is C20H32O4. The van der Waals surface area contributed by atoms with Gasteiger partial charge in [0.05, 0.1) is 0 Å². The van der Waals surface area contributed by atoms with Gasteiger partial charge in [0.25, 0.3) is 0 Å². The molecule has 0 heterocycles. The van der Waals surface area contributed by atoms with E-state index in [-0.39, 0.29) is 6.42 Å². The maximum absolute atomic E-state index is 10.3. The summed E-state index contributed by atoms with van der Waals surface area (Å²) in [5.74, 6) is -0.759. The summed E-state index contributed by atoms with van der Waals surface area (Å²) >= 11 is 0. The van der Waals surface area contributed by atoms with E-state index in [1.165, 1.54) is 12.8 Å². The lowest BCUT2D eigenvalue weighted by molar-refractivity contribution is -0.137. The van der Waals surface area contributed by atoms with Gasteiger partial charge in [-0.05, 0) is 32.1 Å². The van der Waals surface area contributed by atoms with Crippen LogP contribution in [0.2, 0.25) is 0 Å². The highest BCUT2D eigenvalue weighted by atomic mass is 16.4. The third-order valence-corrected chi connectivity index (χ3v) is 3.41. The number of aliphatic hydroxyl groups excluding tert-OH is 2. The molecule has 0 amide bonds. The minimum Gasteiger partial charge on any atom is -0.481 e. The van der Waals surface area contributed by atoms with Crippen LogP contribution in [-0.2, 0) is 4.79 Å². The number of aliphatic carboxylic acids is 1. The van der Waals surface area contributed by atoms with Crippen LogP contribution in [0.25, 0.3) is 0 Å². The molecule has 136 valence electrons. The molecular weight excluding hydrogens is 304 g/mol. The number of hydrogen-bond donors (Lipinski definition) is 3. The van der Waals surface area contributed by atoms with Gasteiger partial charge in [0.2, 0.25) is 0 Å². The lowest BCUT2D eigenvalue weighted by Gasteiger charge is -2.09. The minimum atomic E-state index is -0.899. The normalized spacial score (nSPS) is 15.1. The summed E-state index contributed by atoms with van der Waals surface area (Å²) in [7, 11) is 0. The van der Waals surface area contributed by atoms with Gasteiger partial charge in [0.1, 0.15) is 12.2 Å². The van der Waals surface area contributed by atoms with Gasteiger partial charge >= 0.3 is 5.97 Å². The van der Waals surface area contributed by atoms with Crippen molar-refractivity contribution in [1.82, 2.24) is 0 Å². The van der Waals surface area contributed by atoms with Crippen molar-refractivity contribution in [2.45, 2.75) is 70.5 Å². The number of carboxylic acid groups (broad SMARTS) is 1. The van der Waals surface area contributed by atoms with Crippen LogP contribution in [0.4, 0.5) is 0 Å². The molecule has 2 atom stereocenters. The third kappa shape index (κ3) is 15.3. The average molecular weight is 336 g/mol. The molecule has 0 aromatic rings. The predicted octanol–water partition coefficient (Wildman–Crippen LogP) is 4.16. The number of carbonyl (C=O) groups is 1. The topological polar surface area (TPSA) is 77.8 Å². The van der Waals surface area contributed by atoms with E-state index in [0.717, 1.165) is 25.7 Å². The Bertz CT molecular complexity index is 421. The van der Waals surface area contributed by atoms with E-state index in [1.807, 2.05) is 30.4 Å². The Hall–Kier alpha value is -1.65. The van der Waals surface area contributed by atoms with Gasteiger partial charge < -0.3 is 15.3 Å². The quantitative estimate of drug-likeness (QED) is 0.253. The van der Waals surface area contributed by atoms with E-state index in [2.05, 4.69) is 6.92 Å². The summed E-state index contributed by atoms with van der Waals surface area (Å²) in [6.07, 6.45) is 19.6. The van der Waals surface area contributed by atoms with Crippen LogP contribution in [0.3, 0.4) is 0 Å². The second kappa shape index (κ2) is 16.2. The molecule has 0 saturated carbocycles. The predicted molar refractivity (Wildman–Crippen MR) is 98.8 cm³/mol. The van der Waals surface area contributed by atoms with Crippen LogP contribution in [0, 0.1) is 0 Å². The maximum atomic E-state index is 10.3. The summed E-state index contributed by atoms with van der Waals surface area (Å²) < 4.78 is 0. The summed E-state index contributed by atoms with van der Waals surface area (Å²) in [5.41, 5.74) is 0. The van der Waals surface area contributed by atoms with E-state index in [1.54, 1.807) is 18.2 Å². The first-order valence-electron chi connectivity index (χ1n) is 8.80. The molecule has 0 bridgehead atoms. The number of unbranched alkanes of at least 4 members (excludes halogenated alkanes) is 4. The summed E-state index contributed by atoms with van der Waals surface area (Å²) in [4.78, 5) is 10.3. The Balaban J connectivity index is 3.82. The molecule has 0 fully saturated rings. The highest BCUT2D eigenvalue weighted by Gasteiger charge is 2.07. The molecule has 0 aromatic heterocycles. The van der Waals surface area contributed by atoms with Crippen molar-refractivity contribution in [1.29, 1.82) is 0 Å². The van der Waals surface area contributed by atoms with Crippen molar-refractivity contribution in [3.8, 4) is 0 Å². The van der Waals surface area contributed by atoms with Gasteiger partial charge in [-0.3, -0.25) is 4.79 Å². The van der Waals surface area contributed by atoms with Gasteiger partial charge in [-0.25, -0.2) is 0 Å². The van der Waals surface area contributed by atoms with E-state index < -0.39 is 18.2 Å². The SMILES string of the molecule is CCCCC/C=C\[C@H](O)[C@@H](O)/C=C/C=C\C/C=C\CCCC(=O)O. The highest BCUT2D eigenvalue weighted by Crippen LogP contribution is 2.03. The number of hydrogen-bond acceptors (Lipinski definition) is 3. The lowest BCUT2D eigenvalue weighted by Crippen LogP contribution is -2.20. The number of rotatable bonds is 14. The second-order valence-corrected chi connectivity index (χ2v) is 5.71. The zero-order valence-corrected chi connectivity index (χ0v) is 14.7. The van der Waals surface area contributed by atoms with Crippen LogP contribution in [0.1, 0.15) is 58.3 Å². The lowest BCUT2D eigenvalue weighted by atomic mass is 10.1. The number of allylic oxidation sites excluding steroid dienone is 6. The number of aliphatic hydroxyl groups is 2. The molecule has 3 N–H and O–H groups in total. The molecule has 0 saturated heterocycles. The molecule has 0 aliphatic rings. The monoisotopic (exact) mass is 336 g/mol. The van der Waals surface area contributed by atoms with E-state index in [4.69, 9.17) is 5.11 Å². The van der Waals surface area contributed by atoms with Crippen molar-refractivity contribution in [2.24, 2.45) is 0 Å². The molecule has 0 spiro atoms. The van der Waals surface area contributed by atoms with Gasteiger partial charge in [-0.2, -0.15) is 0 Å². The van der Waals surface area contributed by atoms with Crippen LogP contribution in [0.15, 0.2) is 48.6 Å². The van der Waals surface area contributed by atoms with Gasteiger partial charge in [0.15, 0.2) is 0 Å². The first-order chi connectivity index (χ1) is 11.6. The zero-order chi connectivity index (χ0) is 18.0. The van der Waals surface area contributed by atoms with Crippen LogP contribution >= 0.6 is 0 Å². The van der Waals surface area contributed by atoms with Crippen molar-refractivity contribution >= 4 is 5.97 Å². The van der Waals surface area contributed by atoms with Crippen molar-refractivity contribution in [3.63, 3.8) is 0 Å². The van der Waals surface area contributed by atoms with Crippen molar-refractivity contribution in [3.05, 3.63) is 48.6 Å². The molecule has 4 nitrogen and oxygen atoms in total. The minimum absolute atomic E-state index is 0.205. The largest absolute Gasteiger partial charge is 0.481 e. The number of carboxylic acids is 1. The van der Waals surface area contributed by atoms with Crippen LogP contribution in [-0.4, -0.2) is 33.5 Å². The highest BCUT2D eigenvalue weighted by molar-refractivity contribution is 5.66. The van der Waals surface area contributed by atoms with Crippen molar-refractivity contribution < 1.29 is 20.1 Å². The fourth-order valence-electron chi connectivity index (χ4n) is 1.97. The first-order valence-corrected chi connectivity index (χ1v) is 8.80. The van der Waals surface area contributed by atoms with Gasteiger partial charge in [0, 0.05) is 6.42 Å². The average Bonchev–Trinajstić information content (AvgIpc) is 2.55. The Labute approximate surface area is 145 Å². The standard InChI is InChI=1S/C20H32O4/c1-2-3-4-9-12-15-18(21)19(22)16-13-10-7-5-6-8-11-14-17-20(23)24/h6-8,10,12-13,15-16,18-19,21-22H,2-5,9,11,14,17H2,1H3,(H,23,24)/b8-6-,10-7-,15-12-,16-13+/t18-,19-/m0/s1. The molecule has 4 heteroatoms. The van der Waals surface area contributed by atoms with E-state index >= 15 is 0 Å².